The molecule has 0 saturated heterocycles. The highest BCUT2D eigenvalue weighted by Crippen LogP contribution is 2.32. The minimum absolute atomic E-state index is 0.679. The van der Waals surface area contributed by atoms with Crippen LogP contribution in [0.25, 0.3) is 0 Å². The highest BCUT2D eigenvalue weighted by atomic mass is 16.5. The molecule has 100 valence electrons. The first-order chi connectivity index (χ1) is 9.15. The molecule has 2 aromatic rings. The lowest BCUT2D eigenvalue weighted by atomic mass is 10.1. The quantitative estimate of drug-likeness (QED) is 0.826. The molecule has 0 aliphatic carbocycles. The van der Waals surface area contributed by atoms with Crippen molar-refractivity contribution in [1.82, 2.24) is 0 Å². The number of ether oxygens (including phenoxy) is 2. The molecule has 2 rings (SSSR count). The number of anilines is 3. The van der Waals surface area contributed by atoms with Gasteiger partial charge in [-0.3, -0.25) is 0 Å². The predicted octanol–water partition coefficient (Wildman–Crippen LogP) is 3.34. The zero-order valence-corrected chi connectivity index (χ0v) is 11.4. The van der Waals surface area contributed by atoms with Gasteiger partial charge in [0.15, 0.2) is 11.5 Å². The maximum atomic E-state index is 6.04. The van der Waals surface area contributed by atoms with Gasteiger partial charge in [0.05, 0.1) is 25.6 Å². The molecule has 0 bridgehead atoms. The molecule has 0 aliphatic heterocycles. The van der Waals surface area contributed by atoms with E-state index in [1.54, 1.807) is 14.2 Å². The number of nitrogens with one attached hydrogen (secondary N) is 1. The molecule has 19 heavy (non-hydrogen) atoms. The minimum atomic E-state index is 0.679. The Morgan fingerprint density at radius 3 is 2.42 bits per heavy atom. The lowest BCUT2D eigenvalue weighted by molar-refractivity contribution is 0.355. The highest BCUT2D eigenvalue weighted by molar-refractivity contribution is 5.75. The first-order valence-electron chi connectivity index (χ1n) is 6.00. The van der Waals surface area contributed by atoms with E-state index in [-0.39, 0.29) is 0 Å². The number of hydrogen-bond acceptors (Lipinski definition) is 4. The van der Waals surface area contributed by atoms with E-state index in [2.05, 4.69) is 5.32 Å². The number of para-hydroxylation sites is 1. The van der Waals surface area contributed by atoms with Crippen molar-refractivity contribution in [2.24, 2.45) is 0 Å². The summed E-state index contributed by atoms with van der Waals surface area (Å²) in [6.07, 6.45) is 0. The molecule has 4 heteroatoms. The summed E-state index contributed by atoms with van der Waals surface area (Å²) in [5.74, 6) is 1.38. The van der Waals surface area contributed by atoms with E-state index in [1.165, 1.54) is 0 Å². The third-order valence-corrected chi connectivity index (χ3v) is 2.99. The van der Waals surface area contributed by atoms with Crippen LogP contribution in [0, 0.1) is 6.92 Å². The van der Waals surface area contributed by atoms with Gasteiger partial charge >= 0.3 is 0 Å². The molecule has 0 aliphatic rings. The van der Waals surface area contributed by atoms with Gasteiger partial charge in [0.1, 0.15) is 0 Å². The van der Waals surface area contributed by atoms with E-state index in [0.717, 1.165) is 22.6 Å². The Labute approximate surface area is 113 Å². The Kier molecular flexibility index (Phi) is 3.80. The first kappa shape index (κ1) is 13.1. The zero-order chi connectivity index (χ0) is 13.8. The van der Waals surface area contributed by atoms with Crippen molar-refractivity contribution in [3.8, 4) is 11.5 Å². The van der Waals surface area contributed by atoms with Crippen molar-refractivity contribution in [1.29, 1.82) is 0 Å². The lowest BCUT2D eigenvalue weighted by Crippen LogP contribution is -1.99. The molecule has 0 aromatic heterocycles. The van der Waals surface area contributed by atoms with Gasteiger partial charge in [-0.15, -0.1) is 0 Å². The summed E-state index contributed by atoms with van der Waals surface area (Å²) in [6, 6.07) is 11.5. The van der Waals surface area contributed by atoms with E-state index in [1.807, 2.05) is 43.3 Å². The number of aryl methyl sites for hydroxylation is 1. The Balaban J connectivity index is 2.31. The van der Waals surface area contributed by atoms with E-state index < -0.39 is 0 Å². The number of rotatable bonds is 4. The zero-order valence-electron chi connectivity index (χ0n) is 11.4. The van der Waals surface area contributed by atoms with Gasteiger partial charge in [-0.25, -0.2) is 0 Å². The Morgan fingerprint density at radius 2 is 1.74 bits per heavy atom. The summed E-state index contributed by atoms with van der Waals surface area (Å²) in [4.78, 5) is 0. The standard InChI is InChI=1S/C15H18N2O2/c1-10-5-4-6-12(15(10)16)17-11-7-8-13(18-2)14(9-11)19-3/h4-9,17H,16H2,1-3H3. The smallest absolute Gasteiger partial charge is 0.162 e. The molecule has 0 spiro atoms. The van der Waals surface area contributed by atoms with Crippen molar-refractivity contribution >= 4 is 17.1 Å². The van der Waals surface area contributed by atoms with Crippen LogP contribution in [0.5, 0.6) is 11.5 Å². The highest BCUT2D eigenvalue weighted by Gasteiger charge is 2.06. The van der Waals surface area contributed by atoms with Crippen LogP contribution in [0.4, 0.5) is 17.1 Å². The summed E-state index contributed by atoms with van der Waals surface area (Å²) >= 11 is 0. The van der Waals surface area contributed by atoms with Gasteiger partial charge in [0.25, 0.3) is 0 Å². The Morgan fingerprint density at radius 1 is 1.00 bits per heavy atom. The molecular formula is C15H18N2O2. The third-order valence-electron chi connectivity index (χ3n) is 2.99. The Hall–Kier alpha value is -2.36. The first-order valence-corrected chi connectivity index (χ1v) is 6.00. The van der Waals surface area contributed by atoms with Crippen LogP contribution in [-0.2, 0) is 0 Å². The molecule has 3 N–H and O–H groups in total. The van der Waals surface area contributed by atoms with E-state index in [9.17, 15) is 0 Å². The van der Waals surface area contributed by atoms with Gasteiger partial charge in [0, 0.05) is 11.8 Å². The third kappa shape index (κ3) is 2.73. The molecule has 0 amide bonds. The van der Waals surface area contributed by atoms with Gasteiger partial charge in [-0.2, -0.15) is 0 Å². The van der Waals surface area contributed by atoms with Crippen LogP contribution in [0.15, 0.2) is 36.4 Å². The second kappa shape index (κ2) is 5.52. The van der Waals surface area contributed by atoms with E-state index in [0.29, 0.717) is 11.5 Å². The van der Waals surface area contributed by atoms with Gasteiger partial charge in [-0.05, 0) is 30.7 Å². The average Bonchev–Trinajstić information content (AvgIpc) is 2.43. The molecule has 0 atom stereocenters. The Bertz CT molecular complexity index is 582. The van der Waals surface area contributed by atoms with Gasteiger partial charge < -0.3 is 20.5 Å². The molecule has 2 aromatic carbocycles. The lowest BCUT2D eigenvalue weighted by Gasteiger charge is -2.13. The van der Waals surface area contributed by atoms with Crippen LogP contribution < -0.4 is 20.5 Å². The largest absolute Gasteiger partial charge is 0.493 e. The fourth-order valence-corrected chi connectivity index (χ4v) is 1.86. The van der Waals surface area contributed by atoms with Crippen molar-refractivity contribution in [2.45, 2.75) is 6.92 Å². The topological polar surface area (TPSA) is 56.5 Å². The summed E-state index contributed by atoms with van der Waals surface area (Å²) in [7, 11) is 3.23. The van der Waals surface area contributed by atoms with Crippen molar-refractivity contribution in [3.63, 3.8) is 0 Å². The monoisotopic (exact) mass is 258 g/mol. The summed E-state index contributed by atoms with van der Waals surface area (Å²) in [5.41, 5.74) is 9.61. The normalized spacial score (nSPS) is 10.1. The minimum Gasteiger partial charge on any atom is -0.493 e. The SMILES string of the molecule is COc1ccc(Nc2cccc(C)c2N)cc1OC. The fraction of sp³-hybridized carbons (Fsp3) is 0.200. The molecule has 0 radical (unpaired) electrons. The number of benzene rings is 2. The van der Waals surface area contributed by atoms with Crippen LogP contribution >= 0.6 is 0 Å². The summed E-state index contributed by atoms with van der Waals surface area (Å²) < 4.78 is 10.5. The maximum Gasteiger partial charge on any atom is 0.162 e. The average molecular weight is 258 g/mol. The number of methoxy groups -OCH3 is 2. The van der Waals surface area contributed by atoms with Crippen molar-refractivity contribution in [3.05, 3.63) is 42.0 Å². The van der Waals surface area contributed by atoms with Crippen molar-refractivity contribution in [2.75, 3.05) is 25.3 Å². The molecule has 0 fully saturated rings. The van der Waals surface area contributed by atoms with E-state index >= 15 is 0 Å². The molecular weight excluding hydrogens is 240 g/mol. The molecule has 4 nitrogen and oxygen atoms in total. The predicted molar refractivity (Wildman–Crippen MR) is 78.4 cm³/mol. The molecule has 0 heterocycles. The van der Waals surface area contributed by atoms with Crippen LogP contribution in [0.3, 0.4) is 0 Å². The number of nitrogen functional groups attached to an aromatic ring is 1. The maximum absolute atomic E-state index is 6.04. The van der Waals surface area contributed by atoms with E-state index in [4.69, 9.17) is 15.2 Å². The molecule has 0 saturated carbocycles. The summed E-state index contributed by atoms with van der Waals surface area (Å²) in [5, 5.41) is 3.28. The van der Waals surface area contributed by atoms with Crippen molar-refractivity contribution < 1.29 is 9.47 Å². The van der Waals surface area contributed by atoms with Gasteiger partial charge in [0.2, 0.25) is 0 Å². The second-order valence-corrected chi connectivity index (χ2v) is 4.23. The number of hydrogen-bond donors (Lipinski definition) is 2. The molecule has 0 unspecified atom stereocenters. The second-order valence-electron chi connectivity index (χ2n) is 4.23. The summed E-state index contributed by atoms with van der Waals surface area (Å²) in [6.45, 7) is 1.98. The fourth-order valence-electron chi connectivity index (χ4n) is 1.86. The van der Waals surface area contributed by atoms with Crippen LogP contribution in [0.2, 0.25) is 0 Å². The van der Waals surface area contributed by atoms with Gasteiger partial charge in [-0.1, -0.05) is 12.1 Å². The number of nitrogens with two attached hydrogens (primary N) is 1. The van der Waals surface area contributed by atoms with Crippen LogP contribution in [-0.4, -0.2) is 14.2 Å². The van der Waals surface area contributed by atoms with Crippen LogP contribution in [0.1, 0.15) is 5.56 Å².